The van der Waals surface area contributed by atoms with Gasteiger partial charge in [-0.3, -0.25) is 9.69 Å². The Labute approximate surface area is 279 Å². The van der Waals surface area contributed by atoms with Crippen LogP contribution in [0.1, 0.15) is 40.1 Å². The number of aromatic carboxylic acids is 1. The van der Waals surface area contributed by atoms with Crippen molar-refractivity contribution in [2.45, 2.75) is 20.4 Å². The molecule has 13 nitrogen and oxygen atoms in total. The number of carboxylic acids is 1. The lowest BCUT2D eigenvalue weighted by atomic mass is 10.1. The summed E-state index contributed by atoms with van der Waals surface area (Å²) in [5.41, 5.74) is 1.57. The second-order valence-electron chi connectivity index (χ2n) is 10.6. The predicted octanol–water partition coefficient (Wildman–Crippen LogP) is 5.56. The number of amides is 2. The molecule has 0 aliphatic rings. The summed E-state index contributed by atoms with van der Waals surface area (Å²) >= 11 is 0. The van der Waals surface area contributed by atoms with E-state index in [0.717, 1.165) is 19.6 Å². The van der Waals surface area contributed by atoms with E-state index in [1.165, 1.54) is 49.6 Å². The van der Waals surface area contributed by atoms with Gasteiger partial charge >= 0.3 is 12.1 Å². The number of aromatic nitrogens is 2. The molecule has 2 amide bonds. The van der Waals surface area contributed by atoms with Crippen LogP contribution in [0, 0.1) is 0 Å². The molecule has 0 aliphatic carbocycles. The van der Waals surface area contributed by atoms with Crippen molar-refractivity contribution in [1.29, 1.82) is 0 Å². The third kappa shape index (κ3) is 8.97. The van der Waals surface area contributed by atoms with Crippen LogP contribution in [0.4, 0.5) is 22.2 Å². The van der Waals surface area contributed by atoms with Gasteiger partial charge in [-0.1, -0.05) is 26.0 Å². The minimum Gasteiger partial charge on any atom is -0.497 e. The maximum absolute atomic E-state index is 13.7. The Kier molecular flexibility index (Phi) is 12.3. The van der Waals surface area contributed by atoms with E-state index in [4.69, 9.17) is 14.2 Å². The molecule has 2 N–H and O–H groups in total. The molecule has 0 fully saturated rings. The number of rotatable bonds is 15. The Morgan fingerprint density at radius 3 is 2.27 bits per heavy atom. The van der Waals surface area contributed by atoms with Crippen molar-refractivity contribution in [3.05, 3.63) is 95.7 Å². The zero-order valence-electron chi connectivity index (χ0n) is 27.7. The van der Waals surface area contributed by atoms with Crippen molar-refractivity contribution in [2.75, 3.05) is 57.7 Å². The van der Waals surface area contributed by atoms with Crippen LogP contribution in [0.15, 0.2) is 79.0 Å². The maximum Gasteiger partial charge on any atom is 0.421 e. The third-order valence-electron chi connectivity index (χ3n) is 7.65. The molecule has 1 aromatic heterocycles. The minimum absolute atomic E-state index is 0.0660. The fraction of sp³-hybridized carbons (Fsp3) is 0.286. The molecule has 0 atom stereocenters. The molecule has 4 aromatic rings. The zero-order valence-corrected chi connectivity index (χ0v) is 27.7. The summed E-state index contributed by atoms with van der Waals surface area (Å²) in [6, 6.07) is 19.5. The number of carbonyl (C=O) groups is 3. The summed E-state index contributed by atoms with van der Waals surface area (Å²) in [6.07, 6.45) is 0.591. The molecule has 0 unspecified atom stereocenters. The first kappa shape index (κ1) is 35.2. The van der Waals surface area contributed by atoms with Gasteiger partial charge in [-0.25, -0.2) is 14.6 Å². The number of benzene rings is 3. The van der Waals surface area contributed by atoms with Gasteiger partial charge in [0.05, 0.1) is 20.8 Å². The summed E-state index contributed by atoms with van der Waals surface area (Å²) in [4.78, 5) is 52.5. The molecule has 48 heavy (non-hydrogen) atoms. The number of methoxy groups -OCH3 is 2. The highest BCUT2D eigenvalue weighted by Crippen LogP contribution is 2.29. The van der Waals surface area contributed by atoms with Crippen LogP contribution in [0.25, 0.3) is 0 Å². The highest BCUT2D eigenvalue weighted by molar-refractivity contribution is 5.95. The van der Waals surface area contributed by atoms with Gasteiger partial charge in [0.2, 0.25) is 5.95 Å². The minimum atomic E-state index is -1.24. The van der Waals surface area contributed by atoms with Crippen LogP contribution < -0.4 is 24.4 Å². The molecule has 4 rings (SSSR count). The second-order valence-corrected chi connectivity index (χ2v) is 10.6. The van der Waals surface area contributed by atoms with E-state index in [1.54, 1.807) is 60.5 Å². The normalized spacial score (nSPS) is 10.7. The molecule has 252 valence electrons. The molecule has 0 spiro atoms. The standard InChI is InChI=1S/C35H40N6O7/c1-6-40(7-2)21-20-39(3)32(42)24-12-14-26(15-13-24)37-34-36-19-18-31(38-34)41(23-25-22-27(46-4)16-17-29(25)47-5)35(45)48-30-11-9-8-10-28(30)33(43)44/h8-19,22H,6-7,20-21,23H2,1-5H3,(H,43,44)(H,36,37,38). The fourth-order valence-corrected chi connectivity index (χ4v) is 4.83. The van der Waals surface area contributed by atoms with E-state index >= 15 is 0 Å². The van der Waals surface area contributed by atoms with Gasteiger partial charge in [0, 0.05) is 43.1 Å². The van der Waals surface area contributed by atoms with Gasteiger partial charge in [0.25, 0.3) is 5.91 Å². The van der Waals surface area contributed by atoms with Crippen molar-refractivity contribution < 1.29 is 33.7 Å². The molecule has 0 saturated carbocycles. The van der Waals surface area contributed by atoms with E-state index in [2.05, 4.69) is 34.0 Å². The van der Waals surface area contributed by atoms with E-state index in [1.807, 2.05) is 0 Å². The van der Waals surface area contributed by atoms with Crippen molar-refractivity contribution in [3.8, 4) is 17.2 Å². The number of nitrogens with zero attached hydrogens (tertiary/aromatic N) is 5. The van der Waals surface area contributed by atoms with Gasteiger partial charge < -0.3 is 34.4 Å². The lowest BCUT2D eigenvalue weighted by Gasteiger charge is -2.23. The molecule has 3 aromatic carbocycles. The van der Waals surface area contributed by atoms with E-state index in [-0.39, 0.29) is 35.5 Å². The Morgan fingerprint density at radius 2 is 1.60 bits per heavy atom. The van der Waals surface area contributed by atoms with Crippen LogP contribution in [0.3, 0.4) is 0 Å². The molecule has 1 heterocycles. The number of carbonyl (C=O) groups excluding carboxylic acids is 2. The molecule has 13 heteroatoms. The first-order chi connectivity index (χ1) is 23.2. The van der Waals surface area contributed by atoms with E-state index in [9.17, 15) is 19.5 Å². The third-order valence-corrected chi connectivity index (χ3v) is 7.65. The molecule has 0 radical (unpaired) electrons. The van der Waals surface area contributed by atoms with Gasteiger partial charge in [0.1, 0.15) is 28.6 Å². The average Bonchev–Trinajstić information content (AvgIpc) is 3.11. The lowest BCUT2D eigenvalue weighted by Crippen LogP contribution is -2.36. The number of carboxylic acid groups (broad SMARTS) is 1. The molecule has 0 aliphatic heterocycles. The van der Waals surface area contributed by atoms with Crippen LogP contribution in [0.5, 0.6) is 17.2 Å². The van der Waals surface area contributed by atoms with Crippen LogP contribution in [-0.2, 0) is 6.54 Å². The van der Waals surface area contributed by atoms with Crippen LogP contribution in [0.2, 0.25) is 0 Å². The van der Waals surface area contributed by atoms with Crippen LogP contribution >= 0.6 is 0 Å². The zero-order chi connectivity index (χ0) is 34.6. The van der Waals surface area contributed by atoms with Crippen molar-refractivity contribution in [3.63, 3.8) is 0 Å². The Bertz CT molecular complexity index is 1710. The van der Waals surface area contributed by atoms with E-state index < -0.39 is 12.1 Å². The van der Waals surface area contributed by atoms with Crippen molar-refractivity contribution in [2.24, 2.45) is 0 Å². The molecular formula is C35H40N6O7. The van der Waals surface area contributed by atoms with Crippen LogP contribution in [-0.4, -0.2) is 90.3 Å². The van der Waals surface area contributed by atoms with Gasteiger partial charge in [-0.15, -0.1) is 0 Å². The average molecular weight is 657 g/mol. The number of likely N-dealkylation sites (N-methyl/N-ethyl adjacent to an activating group) is 2. The number of para-hydroxylation sites is 1. The first-order valence-electron chi connectivity index (χ1n) is 15.4. The summed E-state index contributed by atoms with van der Waals surface area (Å²) < 4.78 is 16.5. The number of anilines is 3. The summed E-state index contributed by atoms with van der Waals surface area (Å²) in [5.74, 6) is -0.0948. The number of hydrogen-bond acceptors (Lipinski definition) is 10. The van der Waals surface area contributed by atoms with Gasteiger partial charge in [-0.2, -0.15) is 4.98 Å². The fourth-order valence-electron chi connectivity index (χ4n) is 4.83. The second kappa shape index (κ2) is 16.7. The quantitative estimate of drug-likeness (QED) is 0.166. The van der Waals surface area contributed by atoms with Gasteiger partial charge in [0.15, 0.2) is 0 Å². The number of ether oxygens (including phenoxy) is 3. The Balaban J connectivity index is 1.58. The summed E-state index contributed by atoms with van der Waals surface area (Å²) in [6.45, 7) is 7.39. The largest absolute Gasteiger partial charge is 0.497 e. The van der Waals surface area contributed by atoms with Gasteiger partial charge in [-0.05, 0) is 73.8 Å². The Hall–Kier alpha value is -5.69. The highest BCUT2D eigenvalue weighted by Gasteiger charge is 2.25. The SMILES string of the molecule is CCN(CC)CCN(C)C(=O)c1ccc(Nc2nccc(N(Cc3cc(OC)ccc3OC)C(=O)Oc3ccccc3C(=O)O)n2)cc1. The molecule has 0 saturated heterocycles. The Morgan fingerprint density at radius 1 is 0.875 bits per heavy atom. The molecular weight excluding hydrogens is 616 g/mol. The monoisotopic (exact) mass is 656 g/mol. The smallest absolute Gasteiger partial charge is 0.421 e. The van der Waals surface area contributed by atoms with Crippen molar-refractivity contribution >= 4 is 35.4 Å². The summed E-state index contributed by atoms with van der Waals surface area (Å²) in [5, 5.41) is 12.7. The number of nitrogens with one attached hydrogen (secondary N) is 1. The predicted molar refractivity (Wildman–Crippen MR) is 182 cm³/mol. The topological polar surface area (TPSA) is 147 Å². The van der Waals surface area contributed by atoms with E-state index in [0.29, 0.717) is 34.9 Å². The molecule has 0 bridgehead atoms. The lowest BCUT2D eigenvalue weighted by molar-refractivity contribution is 0.0693. The first-order valence-corrected chi connectivity index (χ1v) is 15.4. The summed E-state index contributed by atoms with van der Waals surface area (Å²) in [7, 11) is 4.82. The number of hydrogen-bond donors (Lipinski definition) is 2. The maximum atomic E-state index is 13.7. The highest BCUT2D eigenvalue weighted by atomic mass is 16.6. The van der Waals surface area contributed by atoms with Crippen molar-refractivity contribution in [1.82, 2.24) is 19.8 Å².